The van der Waals surface area contributed by atoms with Crippen LogP contribution in [-0.4, -0.2) is 0 Å². The topological polar surface area (TPSA) is 16.4 Å². The summed E-state index contributed by atoms with van der Waals surface area (Å²) in [5, 5.41) is 2.29. The SMILES string of the molecule is CC1(C)c2ccccc2-c2cc3c(cc21)-c1c(N(c2ccc(-c4ccc(-c5ccccc5)cc4)cc2)c2ccc(-c4ccc5c(c4)oc4ccccc45)cc2)cccc1C3(C)C. The molecule has 62 heavy (non-hydrogen) atoms. The van der Waals surface area contributed by atoms with Gasteiger partial charge in [-0.05, 0) is 133 Å². The van der Waals surface area contributed by atoms with Crippen molar-refractivity contribution in [1.29, 1.82) is 0 Å². The molecule has 0 spiro atoms. The number of furan rings is 1. The lowest BCUT2D eigenvalue weighted by Gasteiger charge is -2.29. The number of hydrogen-bond donors (Lipinski definition) is 0. The van der Waals surface area contributed by atoms with Gasteiger partial charge in [-0.25, -0.2) is 0 Å². The Hall–Kier alpha value is -7.42. The predicted octanol–water partition coefficient (Wildman–Crippen LogP) is 16.7. The molecule has 2 aliphatic rings. The summed E-state index contributed by atoms with van der Waals surface area (Å²) in [6.45, 7) is 9.56. The lowest BCUT2D eigenvalue weighted by Crippen LogP contribution is -2.17. The molecule has 0 amide bonds. The zero-order chi connectivity index (χ0) is 41.7. The average molecular weight is 796 g/mol. The van der Waals surface area contributed by atoms with E-state index in [1.807, 2.05) is 12.1 Å². The summed E-state index contributed by atoms with van der Waals surface area (Å²) < 4.78 is 6.30. The number of anilines is 3. The number of fused-ring (bicyclic) bond motifs is 9. The van der Waals surface area contributed by atoms with Crippen molar-refractivity contribution in [2.45, 2.75) is 38.5 Å². The molecule has 9 aromatic carbocycles. The molecule has 10 aromatic rings. The van der Waals surface area contributed by atoms with Gasteiger partial charge in [-0.2, -0.15) is 0 Å². The van der Waals surface area contributed by atoms with E-state index in [2.05, 4.69) is 221 Å². The molecule has 2 heteroatoms. The van der Waals surface area contributed by atoms with Crippen LogP contribution in [0.1, 0.15) is 49.9 Å². The summed E-state index contributed by atoms with van der Waals surface area (Å²) in [4.78, 5) is 2.46. The van der Waals surface area contributed by atoms with Gasteiger partial charge in [0.15, 0.2) is 0 Å². The van der Waals surface area contributed by atoms with Crippen molar-refractivity contribution in [1.82, 2.24) is 0 Å². The van der Waals surface area contributed by atoms with Crippen LogP contribution in [-0.2, 0) is 10.8 Å². The van der Waals surface area contributed by atoms with E-state index in [0.717, 1.165) is 44.4 Å². The lowest BCUT2D eigenvalue weighted by atomic mass is 9.79. The zero-order valence-electron chi connectivity index (χ0n) is 35.4. The molecule has 296 valence electrons. The van der Waals surface area contributed by atoms with Gasteiger partial charge in [0, 0.05) is 38.5 Å². The van der Waals surface area contributed by atoms with E-state index in [9.17, 15) is 0 Å². The van der Waals surface area contributed by atoms with Crippen LogP contribution in [0, 0.1) is 0 Å². The molecule has 2 nitrogen and oxygen atoms in total. The molecule has 0 radical (unpaired) electrons. The molecule has 12 rings (SSSR count). The second-order valence-corrected chi connectivity index (χ2v) is 18.1. The number of nitrogens with zero attached hydrogens (tertiary/aromatic N) is 1. The molecule has 2 aliphatic carbocycles. The molecule has 0 saturated heterocycles. The van der Waals surface area contributed by atoms with Gasteiger partial charge in [0.1, 0.15) is 11.2 Å². The van der Waals surface area contributed by atoms with Crippen molar-refractivity contribution in [2.24, 2.45) is 0 Å². The molecule has 0 saturated carbocycles. The van der Waals surface area contributed by atoms with E-state index < -0.39 is 0 Å². The number of rotatable bonds is 6. The monoisotopic (exact) mass is 795 g/mol. The molecule has 0 aliphatic heterocycles. The van der Waals surface area contributed by atoms with Crippen molar-refractivity contribution in [3.05, 3.63) is 222 Å². The highest BCUT2D eigenvalue weighted by Gasteiger charge is 2.43. The van der Waals surface area contributed by atoms with Crippen molar-refractivity contribution in [2.75, 3.05) is 4.90 Å². The van der Waals surface area contributed by atoms with Crippen LogP contribution >= 0.6 is 0 Å². The first kappa shape index (κ1) is 36.4. The van der Waals surface area contributed by atoms with E-state index in [0.29, 0.717) is 0 Å². The van der Waals surface area contributed by atoms with Crippen LogP contribution < -0.4 is 4.90 Å². The van der Waals surface area contributed by atoms with Gasteiger partial charge in [0.05, 0.1) is 5.69 Å². The van der Waals surface area contributed by atoms with Gasteiger partial charge >= 0.3 is 0 Å². The Kier molecular flexibility index (Phi) is 7.96. The summed E-state index contributed by atoms with van der Waals surface area (Å²) in [5.41, 5.74) is 23.0. The number of benzene rings is 9. The molecular weight excluding hydrogens is 751 g/mol. The second kappa shape index (κ2) is 13.5. The Labute approximate surface area is 363 Å². The first-order valence-corrected chi connectivity index (χ1v) is 21.7. The molecule has 0 unspecified atom stereocenters. The quantitative estimate of drug-likeness (QED) is 0.167. The predicted molar refractivity (Wildman–Crippen MR) is 260 cm³/mol. The van der Waals surface area contributed by atoms with Crippen molar-refractivity contribution < 1.29 is 4.42 Å². The number of hydrogen-bond acceptors (Lipinski definition) is 2. The smallest absolute Gasteiger partial charge is 0.136 e. The highest BCUT2D eigenvalue weighted by atomic mass is 16.3. The van der Waals surface area contributed by atoms with Gasteiger partial charge in [-0.3, -0.25) is 0 Å². The minimum atomic E-state index is -0.183. The minimum absolute atomic E-state index is 0.0984. The normalized spacial score (nSPS) is 14.1. The van der Waals surface area contributed by atoms with Crippen LogP contribution in [0.3, 0.4) is 0 Å². The highest BCUT2D eigenvalue weighted by molar-refractivity contribution is 6.06. The summed E-state index contributed by atoms with van der Waals surface area (Å²) >= 11 is 0. The maximum atomic E-state index is 6.30. The highest BCUT2D eigenvalue weighted by Crippen LogP contribution is 2.58. The van der Waals surface area contributed by atoms with Crippen LogP contribution in [0.4, 0.5) is 17.1 Å². The van der Waals surface area contributed by atoms with E-state index >= 15 is 0 Å². The van der Waals surface area contributed by atoms with Gasteiger partial charge < -0.3 is 9.32 Å². The third kappa shape index (κ3) is 5.49. The van der Waals surface area contributed by atoms with Crippen LogP contribution in [0.25, 0.3) is 77.6 Å². The fourth-order valence-corrected chi connectivity index (χ4v) is 10.6. The summed E-state index contributed by atoms with van der Waals surface area (Å²) in [6, 6.07) is 73.4. The standard InChI is InChI=1S/C60H45NO/c1-59(2)51-17-10-8-15-46(51)49-36-54-50(37-53(49)59)58-52(60(54,3)4)18-12-19-55(58)61(44-30-25-41(26-31-44)40-23-21-39(22-24-40)38-13-6-5-7-14-38)45-32-27-42(28-33-45)43-29-34-48-47-16-9-11-20-56(47)62-57(48)35-43/h5-37H,1-4H3. The molecule has 1 aromatic heterocycles. The van der Waals surface area contributed by atoms with E-state index in [1.54, 1.807) is 0 Å². The van der Waals surface area contributed by atoms with Crippen LogP contribution in [0.15, 0.2) is 205 Å². The van der Waals surface area contributed by atoms with Gasteiger partial charge in [0.2, 0.25) is 0 Å². The molecule has 1 heterocycles. The molecule has 0 atom stereocenters. The van der Waals surface area contributed by atoms with E-state index in [4.69, 9.17) is 4.42 Å². The minimum Gasteiger partial charge on any atom is -0.456 e. The van der Waals surface area contributed by atoms with Crippen molar-refractivity contribution in [3.63, 3.8) is 0 Å². The van der Waals surface area contributed by atoms with E-state index in [1.165, 1.54) is 72.4 Å². The van der Waals surface area contributed by atoms with Crippen molar-refractivity contribution in [3.8, 4) is 55.6 Å². The summed E-state index contributed by atoms with van der Waals surface area (Å²) in [6.07, 6.45) is 0. The average Bonchev–Trinajstić information content (AvgIpc) is 3.88. The third-order valence-electron chi connectivity index (χ3n) is 13.9. The Morgan fingerprint density at radius 1 is 0.339 bits per heavy atom. The molecule has 0 fully saturated rings. The third-order valence-corrected chi connectivity index (χ3v) is 13.9. The Morgan fingerprint density at radius 2 is 0.839 bits per heavy atom. The molecule has 0 N–H and O–H groups in total. The zero-order valence-corrected chi connectivity index (χ0v) is 35.4. The second-order valence-electron chi connectivity index (χ2n) is 18.1. The fourth-order valence-electron chi connectivity index (χ4n) is 10.6. The number of para-hydroxylation sites is 1. The van der Waals surface area contributed by atoms with Gasteiger partial charge in [-0.15, -0.1) is 0 Å². The van der Waals surface area contributed by atoms with Crippen LogP contribution in [0.2, 0.25) is 0 Å². The fraction of sp³-hybridized carbons (Fsp3) is 0.100. The maximum absolute atomic E-state index is 6.30. The maximum Gasteiger partial charge on any atom is 0.136 e. The van der Waals surface area contributed by atoms with Crippen LogP contribution in [0.5, 0.6) is 0 Å². The summed E-state index contributed by atoms with van der Waals surface area (Å²) in [5.74, 6) is 0. The Balaban J connectivity index is 0.989. The molecular formula is C60H45NO. The Bertz CT molecular complexity index is 3370. The first-order valence-electron chi connectivity index (χ1n) is 21.7. The Morgan fingerprint density at radius 3 is 1.55 bits per heavy atom. The van der Waals surface area contributed by atoms with Crippen molar-refractivity contribution >= 4 is 39.0 Å². The summed E-state index contributed by atoms with van der Waals surface area (Å²) in [7, 11) is 0. The largest absolute Gasteiger partial charge is 0.456 e. The lowest BCUT2D eigenvalue weighted by molar-refractivity contribution is 0.652. The van der Waals surface area contributed by atoms with Gasteiger partial charge in [-0.1, -0.05) is 167 Å². The molecule has 0 bridgehead atoms. The van der Waals surface area contributed by atoms with E-state index in [-0.39, 0.29) is 10.8 Å². The first-order chi connectivity index (χ1) is 30.2. The van der Waals surface area contributed by atoms with Gasteiger partial charge in [0.25, 0.3) is 0 Å².